The summed E-state index contributed by atoms with van der Waals surface area (Å²) in [5.41, 5.74) is 1.97. The number of aromatic nitrogens is 1. The predicted octanol–water partition coefficient (Wildman–Crippen LogP) is 3.17. The smallest absolute Gasteiger partial charge is 0.260 e. The normalized spacial score (nSPS) is 14.6. The van der Waals surface area contributed by atoms with Gasteiger partial charge in [-0.1, -0.05) is 17.4 Å². The Morgan fingerprint density at radius 3 is 2.41 bits per heavy atom. The van der Waals surface area contributed by atoms with Crippen LogP contribution in [0.25, 0.3) is 10.2 Å². The average Bonchev–Trinajstić information content (AvgIpc) is 3.23. The Bertz CT molecular complexity index is 1240. The molecule has 1 fully saturated rings. The molecule has 1 amide bonds. The zero-order valence-corrected chi connectivity index (χ0v) is 21.9. The minimum Gasteiger partial charge on any atom is -0.379 e. The first-order chi connectivity index (χ1) is 15.7. The zero-order chi connectivity index (χ0) is 23.6. The Morgan fingerprint density at radius 1 is 1.12 bits per heavy atom. The molecule has 0 unspecified atom stereocenters. The van der Waals surface area contributed by atoms with Gasteiger partial charge in [-0.15, -0.1) is 12.4 Å². The summed E-state index contributed by atoms with van der Waals surface area (Å²) in [5, 5.41) is 0.496. The van der Waals surface area contributed by atoms with Crippen LogP contribution in [0.15, 0.2) is 47.4 Å². The van der Waals surface area contributed by atoms with E-state index in [2.05, 4.69) is 9.88 Å². The van der Waals surface area contributed by atoms with Crippen molar-refractivity contribution >= 4 is 60.5 Å². The van der Waals surface area contributed by atoms with Crippen LogP contribution in [0.3, 0.4) is 0 Å². The molecule has 0 N–H and O–H groups in total. The van der Waals surface area contributed by atoms with Crippen molar-refractivity contribution in [3.8, 4) is 0 Å². The third-order valence-electron chi connectivity index (χ3n) is 5.62. The van der Waals surface area contributed by atoms with Crippen LogP contribution >= 0.6 is 23.7 Å². The third-order valence-corrected chi connectivity index (χ3v) is 7.79. The largest absolute Gasteiger partial charge is 0.379 e. The molecule has 3 aromatic rings. The van der Waals surface area contributed by atoms with Gasteiger partial charge in [0.25, 0.3) is 5.91 Å². The lowest BCUT2D eigenvalue weighted by molar-refractivity contribution is 0.0391. The summed E-state index contributed by atoms with van der Waals surface area (Å²) >= 11 is 1.33. The van der Waals surface area contributed by atoms with E-state index < -0.39 is 9.84 Å². The number of anilines is 2. The van der Waals surface area contributed by atoms with Crippen LogP contribution in [-0.2, 0) is 14.6 Å². The number of hydrogen-bond acceptors (Lipinski definition) is 8. The van der Waals surface area contributed by atoms with Gasteiger partial charge in [-0.05, 0) is 36.4 Å². The van der Waals surface area contributed by atoms with E-state index in [0.29, 0.717) is 42.5 Å². The van der Waals surface area contributed by atoms with E-state index >= 15 is 0 Å². The molecule has 0 atom stereocenters. The van der Waals surface area contributed by atoms with E-state index in [1.165, 1.54) is 17.6 Å². The van der Waals surface area contributed by atoms with Crippen molar-refractivity contribution < 1.29 is 17.9 Å². The molecule has 8 nitrogen and oxygen atoms in total. The lowest BCUT2D eigenvalue weighted by Gasteiger charge is -2.29. The number of sulfone groups is 1. The van der Waals surface area contributed by atoms with Crippen molar-refractivity contribution in [1.29, 1.82) is 0 Å². The van der Waals surface area contributed by atoms with Crippen LogP contribution in [0.4, 0.5) is 10.8 Å². The minimum absolute atomic E-state index is 0. The maximum absolute atomic E-state index is 13.6. The summed E-state index contributed by atoms with van der Waals surface area (Å²) < 4.78 is 30.7. The van der Waals surface area contributed by atoms with Crippen LogP contribution in [-0.4, -0.2) is 84.0 Å². The van der Waals surface area contributed by atoms with Gasteiger partial charge >= 0.3 is 0 Å². The molecule has 0 saturated carbocycles. The summed E-state index contributed by atoms with van der Waals surface area (Å²) in [6, 6.07) is 12.5. The Labute approximate surface area is 210 Å². The molecular weight excluding hydrogens is 496 g/mol. The number of carbonyl (C=O) groups is 1. The molecule has 0 radical (unpaired) electrons. The Hall–Kier alpha value is -2.24. The van der Waals surface area contributed by atoms with Crippen molar-refractivity contribution in [3.05, 3.63) is 48.0 Å². The van der Waals surface area contributed by atoms with E-state index in [0.717, 1.165) is 23.5 Å². The zero-order valence-electron chi connectivity index (χ0n) is 19.4. The highest BCUT2D eigenvalue weighted by molar-refractivity contribution is 7.91. The molecular formula is C23H29ClN4O4S2. The number of para-hydroxylation sites is 1. The number of carbonyl (C=O) groups excluding carboxylic acids is 1. The van der Waals surface area contributed by atoms with Crippen LogP contribution in [0.1, 0.15) is 10.4 Å². The number of rotatable bonds is 7. The first kappa shape index (κ1) is 26.4. The summed E-state index contributed by atoms with van der Waals surface area (Å²) in [6.07, 6.45) is 1.18. The van der Waals surface area contributed by atoms with Crippen LogP contribution in [0, 0.1) is 0 Å². The Balaban J connectivity index is 0.00000324. The Morgan fingerprint density at radius 2 is 1.79 bits per heavy atom. The fourth-order valence-electron chi connectivity index (χ4n) is 3.73. The fourth-order valence-corrected chi connectivity index (χ4v) is 5.65. The second-order valence-corrected chi connectivity index (χ2v) is 11.2. The molecule has 0 aliphatic carbocycles. The van der Waals surface area contributed by atoms with Crippen molar-refractivity contribution in [3.63, 3.8) is 0 Å². The van der Waals surface area contributed by atoms with Gasteiger partial charge < -0.3 is 9.64 Å². The highest BCUT2D eigenvalue weighted by atomic mass is 35.5. The number of thiazole rings is 1. The number of morpholine rings is 1. The summed E-state index contributed by atoms with van der Waals surface area (Å²) in [7, 11) is 0.458. The standard InChI is InChI=1S/C23H28N4O4S2.ClH/c1-25(2)18-9-7-17(8-10-18)22(28)27(12-11-26-13-15-31-16-14-26)23-24-21-19(32-23)5-4-6-20(21)33(3,29)30;/h4-10H,11-16H2,1-3H3;1H. The van der Waals surface area contributed by atoms with E-state index in [4.69, 9.17) is 4.74 Å². The van der Waals surface area contributed by atoms with Crippen LogP contribution in [0.5, 0.6) is 0 Å². The molecule has 4 rings (SSSR count). The lowest BCUT2D eigenvalue weighted by Crippen LogP contribution is -2.43. The van der Waals surface area contributed by atoms with Gasteiger partial charge in [-0.25, -0.2) is 13.4 Å². The predicted molar refractivity (Wildman–Crippen MR) is 140 cm³/mol. The van der Waals surface area contributed by atoms with Crippen molar-refractivity contribution in [2.45, 2.75) is 4.90 Å². The summed E-state index contributed by atoms with van der Waals surface area (Å²) in [5.74, 6) is -0.159. The van der Waals surface area contributed by atoms with Gasteiger partial charge in [0, 0.05) is 57.8 Å². The molecule has 1 aliphatic heterocycles. The quantitative estimate of drug-likeness (QED) is 0.469. The first-order valence-electron chi connectivity index (χ1n) is 10.7. The topological polar surface area (TPSA) is 83.1 Å². The molecule has 1 aromatic heterocycles. The highest BCUT2D eigenvalue weighted by Gasteiger charge is 2.24. The number of fused-ring (bicyclic) bond motifs is 1. The molecule has 1 aliphatic rings. The van der Waals surface area contributed by atoms with Gasteiger partial charge in [-0.3, -0.25) is 14.6 Å². The summed E-state index contributed by atoms with van der Waals surface area (Å²) in [6.45, 7) is 4.12. The molecule has 2 aromatic carbocycles. The number of hydrogen-bond donors (Lipinski definition) is 0. The molecule has 184 valence electrons. The third kappa shape index (κ3) is 5.87. The van der Waals surface area contributed by atoms with Crippen molar-refractivity contribution in [2.24, 2.45) is 0 Å². The number of ether oxygens (including phenoxy) is 1. The van der Waals surface area contributed by atoms with E-state index in [9.17, 15) is 13.2 Å². The van der Waals surface area contributed by atoms with Gasteiger partial charge in [0.15, 0.2) is 15.0 Å². The van der Waals surface area contributed by atoms with Gasteiger partial charge in [0.1, 0.15) is 5.52 Å². The van der Waals surface area contributed by atoms with Crippen molar-refractivity contribution in [2.75, 3.05) is 69.5 Å². The fraction of sp³-hybridized carbons (Fsp3) is 0.391. The van der Waals surface area contributed by atoms with Gasteiger partial charge in [-0.2, -0.15) is 0 Å². The maximum Gasteiger partial charge on any atom is 0.260 e. The molecule has 11 heteroatoms. The average molecular weight is 525 g/mol. The number of nitrogens with zero attached hydrogens (tertiary/aromatic N) is 4. The van der Waals surface area contributed by atoms with Gasteiger partial charge in [0.2, 0.25) is 0 Å². The lowest BCUT2D eigenvalue weighted by atomic mass is 10.1. The first-order valence-corrected chi connectivity index (χ1v) is 13.4. The number of benzene rings is 2. The molecule has 2 heterocycles. The van der Waals surface area contributed by atoms with Gasteiger partial charge in [0.05, 0.1) is 22.8 Å². The molecule has 0 bridgehead atoms. The van der Waals surface area contributed by atoms with Crippen LogP contribution < -0.4 is 9.80 Å². The summed E-state index contributed by atoms with van der Waals surface area (Å²) in [4.78, 5) is 24.3. The number of halogens is 1. The number of amides is 1. The minimum atomic E-state index is -3.44. The molecule has 34 heavy (non-hydrogen) atoms. The van der Waals surface area contributed by atoms with Crippen LogP contribution in [0.2, 0.25) is 0 Å². The Kier molecular flexibility index (Phi) is 8.53. The molecule has 1 saturated heterocycles. The second kappa shape index (κ2) is 11.0. The highest BCUT2D eigenvalue weighted by Crippen LogP contribution is 2.33. The SMILES string of the molecule is CN(C)c1ccc(C(=O)N(CCN2CCOCC2)c2nc3c(S(C)(=O)=O)cccc3s2)cc1.Cl. The van der Waals surface area contributed by atoms with E-state index in [1.807, 2.05) is 49.3 Å². The van der Waals surface area contributed by atoms with E-state index in [-0.39, 0.29) is 23.2 Å². The van der Waals surface area contributed by atoms with Crippen molar-refractivity contribution in [1.82, 2.24) is 9.88 Å². The maximum atomic E-state index is 13.6. The van der Waals surface area contributed by atoms with E-state index in [1.54, 1.807) is 17.0 Å². The second-order valence-electron chi connectivity index (χ2n) is 8.22. The molecule has 0 spiro atoms. The monoisotopic (exact) mass is 524 g/mol.